The number of nitrogens with one attached hydrogen (secondary N) is 1. The monoisotopic (exact) mass is 418 g/mol. The summed E-state index contributed by atoms with van der Waals surface area (Å²) in [5.41, 5.74) is 0.977. The summed E-state index contributed by atoms with van der Waals surface area (Å²) in [5.74, 6) is 0. The molecule has 3 rings (SSSR count). The van der Waals surface area contributed by atoms with Gasteiger partial charge in [0.05, 0.1) is 0 Å². The van der Waals surface area contributed by atoms with E-state index in [4.69, 9.17) is 11.6 Å². The van der Waals surface area contributed by atoms with Crippen LogP contribution in [0.4, 0.5) is 8.78 Å². The van der Waals surface area contributed by atoms with E-state index in [9.17, 15) is 8.78 Å². The molecule has 2 aromatic carbocycles. The molecular formula is C19H22Cl2F2N2S. The molecule has 0 aromatic heterocycles. The van der Waals surface area contributed by atoms with E-state index in [1.807, 2.05) is 48.5 Å². The van der Waals surface area contributed by atoms with Gasteiger partial charge in [0.15, 0.2) is 0 Å². The normalized spacial score (nSPS) is 16.3. The first-order valence-corrected chi connectivity index (χ1v) is 9.58. The lowest BCUT2D eigenvalue weighted by Gasteiger charge is -2.36. The molecule has 1 aliphatic heterocycles. The molecule has 1 aliphatic rings. The van der Waals surface area contributed by atoms with Crippen LogP contribution in [0.1, 0.15) is 18.0 Å². The molecule has 26 heavy (non-hydrogen) atoms. The molecule has 0 radical (unpaired) electrons. The van der Waals surface area contributed by atoms with Gasteiger partial charge in [-0.3, -0.25) is 4.90 Å². The molecule has 0 aliphatic carbocycles. The lowest BCUT2D eigenvalue weighted by atomic mass is 10.0. The highest BCUT2D eigenvalue weighted by molar-refractivity contribution is 7.99. The summed E-state index contributed by atoms with van der Waals surface area (Å²) in [6, 6.07) is 15.2. The maximum Gasteiger partial charge on any atom is 0.240 e. The van der Waals surface area contributed by atoms with E-state index in [0.29, 0.717) is 5.02 Å². The molecule has 2 nitrogen and oxygen atoms in total. The Bertz CT molecular complexity index is 679. The summed E-state index contributed by atoms with van der Waals surface area (Å²) in [4.78, 5) is 4.24. The molecule has 1 N–H and O–H groups in total. The van der Waals surface area contributed by atoms with Gasteiger partial charge in [0, 0.05) is 53.5 Å². The molecule has 0 spiro atoms. The van der Waals surface area contributed by atoms with E-state index in [-0.39, 0.29) is 24.9 Å². The van der Waals surface area contributed by atoms with Crippen LogP contribution in [0.2, 0.25) is 5.02 Å². The average Bonchev–Trinajstić information content (AvgIpc) is 2.63. The first-order chi connectivity index (χ1) is 12.1. The Balaban J connectivity index is 0.00000243. The fraction of sp³-hybridized carbons (Fsp3) is 0.368. The minimum Gasteiger partial charge on any atom is -0.314 e. The van der Waals surface area contributed by atoms with Crippen LogP contribution in [0.25, 0.3) is 0 Å². The molecule has 1 fully saturated rings. The Morgan fingerprint density at radius 1 is 1.04 bits per heavy atom. The molecule has 0 saturated carbocycles. The number of alkyl halides is 2. The fourth-order valence-electron chi connectivity index (χ4n) is 3.11. The fourth-order valence-corrected chi connectivity index (χ4v) is 4.23. The SMILES string of the molecule is Cl.FC(F)C[C@H](c1ccccc1Sc1ccc(Cl)cc1)N1CCNCC1. The van der Waals surface area contributed by atoms with Crippen LogP contribution in [0.15, 0.2) is 58.3 Å². The molecule has 7 heteroatoms. The molecule has 0 amide bonds. The van der Waals surface area contributed by atoms with Gasteiger partial charge in [0.1, 0.15) is 0 Å². The number of piperazine rings is 1. The van der Waals surface area contributed by atoms with Gasteiger partial charge in [-0.15, -0.1) is 12.4 Å². The lowest BCUT2D eigenvalue weighted by molar-refractivity contribution is 0.0729. The van der Waals surface area contributed by atoms with Crippen molar-refractivity contribution in [1.82, 2.24) is 10.2 Å². The summed E-state index contributed by atoms with van der Waals surface area (Å²) < 4.78 is 26.5. The summed E-state index contributed by atoms with van der Waals surface area (Å²) in [6.45, 7) is 3.26. The molecule has 142 valence electrons. The van der Waals surface area contributed by atoms with Gasteiger partial charge in [-0.05, 0) is 35.9 Å². The minimum absolute atomic E-state index is 0. The zero-order chi connectivity index (χ0) is 17.6. The molecule has 1 saturated heterocycles. The predicted molar refractivity (Wildman–Crippen MR) is 107 cm³/mol. The quantitative estimate of drug-likeness (QED) is 0.664. The number of nitrogens with zero attached hydrogens (tertiary/aromatic N) is 1. The molecule has 1 atom stereocenters. The van der Waals surface area contributed by atoms with Crippen molar-refractivity contribution >= 4 is 35.8 Å². The van der Waals surface area contributed by atoms with Crippen molar-refractivity contribution in [1.29, 1.82) is 0 Å². The van der Waals surface area contributed by atoms with E-state index in [2.05, 4.69) is 10.2 Å². The van der Waals surface area contributed by atoms with E-state index >= 15 is 0 Å². The highest BCUT2D eigenvalue weighted by Crippen LogP contribution is 2.38. The lowest BCUT2D eigenvalue weighted by Crippen LogP contribution is -2.45. The van der Waals surface area contributed by atoms with Gasteiger partial charge in [-0.1, -0.05) is 41.6 Å². The third kappa shape index (κ3) is 5.83. The molecule has 0 unspecified atom stereocenters. The Kier molecular flexibility index (Phi) is 8.64. The Morgan fingerprint density at radius 3 is 2.35 bits per heavy atom. The highest BCUT2D eigenvalue weighted by Gasteiger charge is 2.27. The van der Waals surface area contributed by atoms with Crippen molar-refractivity contribution in [2.45, 2.75) is 28.7 Å². The van der Waals surface area contributed by atoms with E-state index in [1.165, 1.54) is 0 Å². The van der Waals surface area contributed by atoms with Crippen LogP contribution < -0.4 is 5.32 Å². The van der Waals surface area contributed by atoms with Crippen LogP contribution in [0.5, 0.6) is 0 Å². The van der Waals surface area contributed by atoms with E-state index < -0.39 is 6.43 Å². The summed E-state index contributed by atoms with van der Waals surface area (Å²) in [6.07, 6.45) is -2.47. The Morgan fingerprint density at radius 2 is 1.69 bits per heavy atom. The predicted octanol–water partition coefficient (Wildman–Crippen LogP) is 5.51. The van der Waals surface area contributed by atoms with E-state index in [1.54, 1.807) is 11.8 Å². The van der Waals surface area contributed by atoms with Gasteiger partial charge in [-0.2, -0.15) is 0 Å². The maximum atomic E-state index is 13.3. The maximum absolute atomic E-state index is 13.3. The van der Waals surface area contributed by atoms with Crippen LogP contribution >= 0.6 is 35.8 Å². The van der Waals surface area contributed by atoms with Gasteiger partial charge >= 0.3 is 0 Å². The number of benzene rings is 2. The second-order valence-corrected chi connectivity index (χ2v) is 7.57. The second kappa shape index (κ2) is 10.5. The number of hydrogen-bond acceptors (Lipinski definition) is 3. The standard InChI is InChI=1S/C19H21ClF2N2S.ClH/c20-14-5-7-15(8-6-14)25-18-4-2-1-3-16(18)17(13-19(21)22)24-11-9-23-10-12-24;/h1-8,17,19,23H,9-13H2;1H/t17-;/m1./s1. The molecule has 1 heterocycles. The van der Waals surface area contributed by atoms with Crippen LogP contribution in [-0.2, 0) is 0 Å². The third-order valence-corrected chi connectivity index (χ3v) is 5.66. The Labute approximate surface area is 168 Å². The first-order valence-electron chi connectivity index (χ1n) is 8.39. The van der Waals surface area contributed by atoms with Crippen molar-refractivity contribution in [3.8, 4) is 0 Å². The number of hydrogen-bond donors (Lipinski definition) is 1. The zero-order valence-electron chi connectivity index (χ0n) is 14.2. The summed E-state index contributed by atoms with van der Waals surface area (Å²) in [7, 11) is 0. The van der Waals surface area contributed by atoms with Crippen molar-refractivity contribution in [3.05, 3.63) is 59.1 Å². The minimum atomic E-state index is -2.33. The highest BCUT2D eigenvalue weighted by atomic mass is 35.5. The smallest absolute Gasteiger partial charge is 0.240 e. The second-order valence-electron chi connectivity index (χ2n) is 6.02. The van der Waals surface area contributed by atoms with Gasteiger partial charge < -0.3 is 5.32 Å². The Hall–Kier alpha value is -0.850. The summed E-state index contributed by atoms with van der Waals surface area (Å²) >= 11 is 7.55. The number of rotatable bonds is 6. The first kappa shape index (κ1) is 21.5. The van der Waals surface area contributed by atoms with Gasteiger partial charge in [0.2, 0.25) is 6.43 Å². The topological polar surface area (TPSA) is 15.3 Å². The molecular weight excluding hydrogens is 397 g/mol. The van der Waals surface area contributed by atoms with Crippen LogP contribution in [-0.4, -0.2) is 37.5 Å². The van der Waals surface area contributed by atoms with Crippen molar-refractivity contribution < 1.29 is 8.78 Å². The van der Waals surface area contributed by atoms with Gasteiger partial charge in [-0.25, -0.2) is 8.78 Å². The largest absolute Gasteiger partial charge is 0.314 e. The van der Waals surface area contributed by atoms with Crippen LogP contribution in [0.3, 0.4) is 0 Å². The van der Waals surface area contributed by atoms with Crippen molar-refractivity contribution in [3.63, 3.8) is 0 Å². The molecule has 2 aromatic rings. The van der Waals surface area contributed by atoms with Crippen LogP contribution in [0, 0.1) is 0 Å². The van der Waals surface area contributed by atoms with E-state index in [0.717, 1.165) is 41.5 Å². The summed E-state index contributed by atoms with van der Waals surface area (Å²) in [5, 5.41) is 3.98. The third-order valence-electron chi connectivity index (χ3n) is 4.31. The van der Waals surface area contributed by atoms with Crippen molar-refractivity contribution in [2.24, 2.45) is 0 Å². The van der Waals surface area contributed by atoms with Crippen molar-refractivity contribution in [2.75, 3.05) is 26.2 Å². The van der Waals surface area contributed by atoms with Gasteiger partial charge in [0.25, 0.3) is 0 Å². The average molecular weight is 419 g/mol. The number of halogens is 4. The zero-order valence-corrected chi connectivity index (χ0v) is 16.6. The molecule has 0 bridgehead atoms.